The third-order valence-electron chi connectivity index (χ3n) is 18.5. The lowest BCUT2D eigenvalue weighted by atomic mass is 9.95. The molecule has 0 bridgehead atoms. The molecule has 15 aromatic rings. The van der Waals surface area contributed by atoms with E-state index >= 15 is 0 Å². The molecule has 2 saturated carbocycles. The summed E-state index contributed by atoms with van der Waals surface area (Å²) in [4.78, 5) is 4.89. The highest BCUT2D eigenvalue weighted by Gasteiger charge is 2.30. The van der Waals surface area contributed by atoms with Gasteiger partial charge in [0.15, 0.2) is 11.2 Å². The number of benzene rings is 12. The van der Waals surface area contributed by atoms with Crippen LogP contribution in [-0.2, 0) is 0 Å². The van der Waals surface area contributed by atoms with Gasteiger partial charge in [-0.3, -0.25) is 0 Å². The molecule has 0 atom stereocenters. The molecule has 5 nitrogen and oxygen atoms in total. The van der Waals surface area contributed by atoms with Crippen LogP contribution in [0.25, 0.3) is 110 Å². The monoisotopic (exact) mass is 1070 g/mol. The minimum atomic E-state index is 0.493. The van der Waals surface area contributed by atoms with Gasteiger partial charge >= 0.3 is 0 Å². The highest BCUT2D eigenvalue weighted by molar-refractivity contribution is 6.26. The van der Waals surface area contributed by atoms with Crippen molar-refractivity contribution in [3.05, 3.63) is 254 Å². The van der Waals surface area contributed by atoms with Crippen molar-refractivity contribution in [2.24, 2.45) is 0 Å². The Bertz CT molecular complexity index is 4700. The van der Waals surface area contributed by atoms with Crippen LogP contribution in [0.3, 0.4) is 0 Å². The Kier molecular flexibility index (Phi) is 11.2. The van der Waals surface area contributed by atoms with E-state index in [1.54, 1.807) is 0 Å². The topological polar surface area (TPSA) is 45.9 Å². The van der Waals surface area contributed by atoms with E-state index in [0.29, 0.717) is 11.8 Å². The maximum Gasteiger partial charge on any atom is 0.159 e. The minimum absolute atomic E-state index is 0.493. The number of fused-ring (bicyclic) bond motifs is 13. The molecule has 0 radical (unpaired) electrons. The number of furan rings is 3. The summed E-state index contributed by atoms with van der Waals surface area (Å²) in [5.74, 6) is 0.987. The molecule has 0 unspecified atom stereocenters. The van der Waals surface area contributed by atoms with Gasteiger partial charge in [-0.15, -0.1) is 0 Å². The van der Waals surface area contributed by atoms with Gasteiger partial charge in [0.25, 0.3) is 0 Å². The van der Waals surface area contributed by atoms with E-state index in [2.05, 4.69) is 252 Å². The molecule has 2 fully saturated rings. The number of para-hydroxylation sites is 4. The highest BCUT2D eigenvalue weighted by Crippen LogP contribution is 2.53. The van der Waals surface area contributed by atoms with Gasteiger partial charge in [0.05, 0.1) is 22.7 Å². The van der Waals surface area contributed by atoms with Crippen LogP contribution in [0.2, 0.25) is 0 Å². The Balaban J connectivity index is 0.947. The molecule has 5 heteroatoms. The number of hydrogen-bond acceptors (Lipinski definition) is 5. The van der Waals surface area contributed by atoms with E-state index in [1.165, 1.54) is 62.5 Å². The van der Waals surface area contributed by atoms with Crippen LogP contribution in [0.4, 0.5) is 34.1 Å². The molecule has 0 N–H and O–H groups in total. The maximum absolute atomic E-state index is 7.40. The highest BCUT2D eigenvalue weighted by atomic mass is 16.3. The first kappa shape index (κ1) is 47.9. The van der Waals surface area contributed by atoms with Crippen molar-refractivity contribution in [3.8, 4) is 22.3 Å². The van der Waals surface area contributed by atoms with Crippen LogP contribution in [0.15, 0.2) is 256 Å². The van der Waals surface area contributed by atoms with Crippen molar-refractivity contribution >= 4 is 121 Å². The molecule has 0 aliphatic heterocycles. The fourth-order valence-corrected chi connectivity index (χ4v) is 14.6. The van der Waals surface area contributed by atoms with Gasteiger partial charge in [-0.1, -0.05) is 220 Å². The number of nitrogens with zero attached hydrogens (tertiary/aromatic N) is 2. The third-order valence-corrected chi connectivity index (χ3v) is 18.5. The Hall–Kier alpha value is -9.84. The summed E-state index contributed by atoms with van der Waals surface area (Å²) in [6, 6.07) is 88.6. The Morgan fingerprint density at radius 2 is 0.566 bits per heavy atom. The standard InChI is InChI=1S/C78H58N2O3/c1-3-21-49(22-4-1)53-29-15-31-55(45-53)79(69-43-19-41-65-63-39-17-37-57(51-25-7-8-26-51)73(63)82-77(65)69)71-47-67-68-48-72(60-34-12-14-36-62(60)76(68)81-75(67)61-35-13-11-33-59(61)71)80(56-32-16-30-54(46-56)50-23-5-2-6-24-50)70-44-20-42-66-64-40-18-38-58(52-27-9-10-28-52)74(64)83-78(66)70/h1-6,11-24,29-48,51-52H,7-10,25-28H2. The van der Waals surface area contributed by atoms with Gasteiger partial charge in [0, 0.05) is 65.2 Å². The third kappa shape index (κ3) is 7.74. The zero-order chi connectivity index (χ0) is 54.5. The SMILES string of the molecule is c1ccc(-c2cccc(N(c3cc4c5cc(N(c6cccc(-c7ccccc7)c6)c6cccc7c6oc6c(C8CCCC8)cccc67)c6ccccc6c5oc4c4ccccc34)c3cccc4c3oc3c(C5CCCC5)cccc34)c2)cc1. The van der Waals surface area contributed by atoms with Crippen molar-refractivity contribution in [2.75, 3.05) is 9.80 Å². The molecule has 0 amide bonds. The minimum Gasteiger partial charge on any atom is -0.455 e. The lowest BCUT2D eigenvalue weighted by molar-refractivity contribution is 0.643. The van der Waals surface area contributed by atoms with E-state index in [-0.39, 0.29) is 0 Å². The molecule has 2 aliphatic carbocycles. The molecular weight excluding hydrogens is 1010 g/mol. The largest absolute Gasteiger partial charge is 0.455 e. The summed E-state index contributed by atoms with van der Waals surface area (Å²) < 4.78 is 22.1. The van der Waals surface area contributed by atoms with Gasteiger partial charge < -0.3 is 23.1 Å². The van der Waals surface area contributed by atoms with Gasteiger partial charge in [0.2, 0.25) is 0 Å². The van der Waals surface area contributed by atoms with E-state index in [0.717, 1.165) is 144 Å². The predicted octanol–water partition coefficient (Wildman–Crippen LogP) is 23.3. The first-order chi connectivity index (χ1) is 41.2. The van der Waals surface area contributed by atoms with E-state index in [4.69, 9.17) is 13.3 Å². The van der Waals surface area contributed by atoms with Crippen LogP contribution in [0.5, 0.6) is 0 Å². The second kappa shape index (κ2) is 19.4. The molecule has 3 heterocycles. The molecular formula is C78H58N2O3. The zero-order valence-corrected chi connectivity index (χ0v) is 46.0. The lowest BCUT2D eigenvalue weighted by Gasteiger charge is -2.28. The van der Waals surface area contributed by atoms with Crippen molar-refractivity contribution in [1.29, 1.82) is 0 Å². The van der Waals surface area contributed by atoms with Crippen LogP contribution in [-0.4, -0.2) is 0 Å². The van der Waals surface area contributed by atoms with Gasteiger partial charge in [0.1, 0.15) is 22.3 Å². The van der Waals surface area contributed by atoms with Crippen molar-refractivity contribution < 1.29 is 13.3 Å². The van der Waals surface area contributed by atoms with Gasteiger partial charge in [-0.2, -0.15) is 0 Å². The maximum atomic E-state index is 7.40. The fourth-order valence-electron chi connectivity index (χ4n) is 14.6. The summed E-state index contributed by atoms with van der Waals surface area (Å²) >= 11 is 0. The van der Waals surface area contributed by atoms with Crippen molar-refractivity contribution in [2.45, 2.75) is 63.2 Å². The summed E-state index contributed by atoms with van der Waals surface area (Å²) in [6.45, 7) is 0. The van der Waals surface area contributed by atoms with Crippen LogP contribution in [0.1, 0.15) is 74.3 Å². The van der Waals surface area contributed by atoms with Crippen LogP contribution < -0.4 is 9.80 Å². The van der Waals surface area contributed by atoms with E-state index < -0.39 is 0 Å². The average Bonchev–Trinajstić information content (AvgIpc) is 3.57. The second-order valence-electron chi connectivity index (χ2n) is 23.2. The molecule has 17 rings (SSSR count). The number of rotatable bonds is 10. The Morgan fingerprint density at radius 1 is 0.241 bits per heavy atom. The fraction of sp³-hybridized carbons (Fsp3) is 0.128. The molecule has 0 spiro atoms. The number of anilines is 6. The molecule has 12 aromatic carbocycles. The summed E-state index contributed by atoms with van der Waals surface area (Å²) in [7, 11) is 0. The number of hydrogen-bond donors (Lipinski definition) is 0. The normalized spacial score (nSPS) is 14.3. The van der Waals surface area contributed by atoms with Crippen molar-refractivity contribution in [3.63, 3.8) is 0 Å². The van der Waals surface area contributed by atoms with Crippen molar-refractivity contribution in [1.82, 2.24) is 0 Å². The first-order valence-electron chi connectivity index (χ1n) is 29.8. The summed E-state index contributed by atoms with van der Waals surface area (Å²) in [5.41, 5.74) is 18.7. The molecule has 3 aromatic heterocycles. The second-order valence-corrected chi connectivity index (χ2v) is 23.2. The van der Waals surface area contributed by atoms with E-state index in [9.17, 15) is 0 Å². The van der Waals surface area contributed by atoms with Gasteiger partial charge in [-0.25, -0.2) is 0 Å². The van der Waals surface area contributed by atoms with Crippen LogP contribution >= 0.6 is 0 Å². The van der Waals surface area contributed by atoms with Gasteiger partial charge in [-0.05, 0) is 119 Å². The summed E-state index contributed by atoms with van der Waals surface area (Å²) in [5, 5.41) is 10.8. The predicted molar refractivity (Wildman–Crippen MR) is 346 cm³/mol. The molecule has 0 saturated heterocycles. The van der Waals surface area contributed by atoms with Crippen LogP contribution in [0, 0.1) is 0 Å². The Morgan fingerprint density at radius 3 is 1.00 bits per heavy atom. The smallest absolute Gasteiger partial charge is 0.159 e. The average molecular weight is 1070 g/mol. The molecule has 398 valence electrons. The Labute approximate surface area is 481 Å². The van der Waals surface area contributed by atoms with E-state index in [1.807, 2.05) is 0 Å². The summed E-state index contributed by atoms with van der Waals surface area (Å²) in [6.07, 6.45) is 9.79. The molecule has 2 aliphatic rings. The lowest BCUT2D eigenvalue weighted by Crippen LogP contribution is -2.11. The first-order valence-corrected chi connectivity index (χ1v) is 29.8. The quantitative estimate of drug-likeness (QED) is 0.137. The molecule has 83 heavy (non-hydrogen) atoms. The zero-order valence-electron chi connectivity index (χ0n) is 46.0.